The standard InChI is InChI=1S/C11H15NOS/c1-12-7-8-14(13)11(9-12)10-5-3-2-4-6-10/h2-6,11H,7-9H2,1H3/t11-,14-/m1/s1. The maximum Gasteiger partial charge on any atom is 0.0724 e. The normalized spacial score (nSPS) is 28.9. The molecule has 14 heavy (non-hydrogen) atoms. The van der Waals surface area contributed by atoms with Crippen LogP contribution in [-0.4, -0.2) is 35.0 Å². The molecule has 1 aromatic carbocycles. The second-order valence-corrected chi connectivity index (χ2v) is 5.49. The molecule has 2 nitrogen and oxygen atoms in total. The lowest BCUT2D eigenvalue weighted by Crippen LogP contribution is -2.37. The van der Waals surface area contributed by atoms with Crippen LogP contribution in [-0.2, 0) is 10.8 Å². The van der Waals surface area contributed by atoms with Crippen LogP contribution in [0.2, 0.25) is 0 Å². The first-order valence-electron chi connectivity index (χ1n) is 4.88. The van der Waals surface area contributed by atoms with Gasteiger partial charge in [0.15, 0.2) is 0 Å². The van der Waals surface area contributed by atoms with E-state index >= 15 is 0 Å². The van der Waals surface area contributed by atoms with E-state index in [1.54, 1.807) is 0 Å². The van der Waals surface area contributed by atoms with Crippen molar-refractivity contribution in [1.29, 1.82) is 0 Å². The maximum atomic E-state index is 11.8. The van der Waals surface area contributed by atoms with Crippen molar-refractivity contribution in [2.45, 2.75) is 5.25 Å². The van der Waals surface area contributed by atoms with Crippen LogP contribution in [0.1, 0.15) is 10.8 Å². The summed E-state index contributed by atoms with van der Waals surface area (Å²) in [4.78, 5) is 2.25. The first kappa shape index (κ1) is 9.87. The van der Waals surface area contributed by atoms with Crippen molar-refractivity contribution in [3.05, 3.63) is 35.9 Å². The van der Waals surface area contributed by atoms with Crippen LogP contribution in [0.3, 0.4) is 0 Å². The van der Waals surface area contributed by atoms with Gasteiger partial charge in [0.25, 0.3) is 0 Å². The molecule has 0 saturated carbocycles. The van der Waals surface area contributed by atoms with Gasteiger partial charge in [-0.3, -0.25) is 4.21 Å². The molecule has 3 heteroatoms. The Morgan fingerprint density at radius 1 is 1.36 bits per heavy atom. The van der Waals surface area contributed by atoms with Gasteiger partial charge in [0.1, 0.15) is 0 Å². The van der Waals surface area contributed by atoms with Crippen molar-refractivity contribution in [3.8, 4) is 0 Å². The molecule has 1 aliphatic rings. The van der Waals surface area contributed by atoms with Crippen molar-refractivity contribution >= 4 is 10.8 Å². The van der Waals surface area contributed by atoms with Crippen molar-refractivity contribution in [2.24, 2.45) is 0 Å². The van der Waals surface area contributed by atoms with Crippen LogP contribution in [0.4, 0.5) is 0 Å². The zero-order valence-electron chi connectivity index (χ0n) is 8.35. The van der Waals surface area contributed by atoms with Crippen LogP contribution >= 0.6 is 0 Å². The molecule has 0 amide bonds. The molecule has 1 aromatic rings. The Morgan fingerprint density at radius 3 is 2.79 bits per heavy atom. The minimum atomic E-state index is -0.691. The molecule has 1 aliphatic heterocycles. The molecule has 0 radical (unpaired) electrons. The number of nitrogens with zero attached hydrogens (tertiary/aromatic N) is 1. The summed E-state index contributed by atoms with van der Waals surface area (Å²) in [5, 5.41) is 0.204. The fourth-order valence-electron chi connectivity index (χ4n) is 1.77. The predicted molar refractivity (Wildman–Crippen MR) is 59.7 cm³/mol. The zero-order valence-corrected chi connectivity index (χ0v) is 9.17. The smallest absolute Gasteiger partial charge is 0.0724 e. The molecule has 0 N–H and O–H groups in total. The van der Waals surface area contributed by atoms with Gasteiger partial charge in [-0.1, -0.05) is 30.3 Å². The summed E-state index contributed by atoms with van der Waals surface area (Å²) in [5.41, 5.74) is 1.21. The summed E-state index contributed by atoms with van der Waals surface area (Å²) in [6.07, 6.45) is 0. The lowest BCUT2D eigenvalue weighted by atomic mass is 10.1. The van der Waals surface area contributed by atoms with E-state index in [1.165, 1.54) is 5.56 Å². The van der Waals surface area contributed by atoms with E-state index in [1.807, 2.05) is 18.2 Å². The van der Waals surface area contributed by atoms with E-state index in [0.29, 0.717) is 0 Å². The summed E-state index contributed by atoms with van der Waals surface area (Å²) in [6, 6.07) is 10.2. The lowest BCUT2D eigenvalue weighted by Gasteiger charge is -2.29. The van der Waals surface area contributed by atoms with E-state index in [9.17, 15) is 4.21 Å². The summed E-state index contributed by atoms with van der Waals surface area (Å²) in [6.45, 7) is 1.87. The third-order valence-corrected chi connectivity index (χ3v) is 4.28. The van der Waals surface area contributed by atoms with Gasteiger partial charge in [-0.25, -0.2) is 0 Å². The van der Waals surface area contributed by atoms with Gasteiger partial charge in [0, 0.05) is 29.6 Å². The SMILES string of the molecule is CN1CC[S@@](=O)[C@@H](c2ccccc2)C1. The Labute approximate surface area is 87.4 Å². The Hall–Kier alpha value is -0.670. The summed E-state index contributed by atoms with van der Waals surface area (Å²) < 4.78 is 11.8. The minimum absolute atomic E-state index is 0.204. The monoisotopic (exact) mass is 209 g/mol. The fourth-order valence-corrected chi connectivity index (χ4v) is 3.43. The topological polar surface area (TPSA) is 20.3 Å². The van der Waals surface area contributed by atoms with Crippen molar-refractivity contribution in [2.75, 3.05) is 25.9 Å². The summed E-state index contributed by atoms with van der Waals surface area (Å²) in [7, 11) is 1.40. The van der Waals surface area contributed by atoms with Gasteiger partial charge >= 0.3 is 0 Å². The van der Waals surface area contributed by atoms with E-state index in [0.717, 1.165) is 18.8 Å². The summed E-state index contributed by atoms with van der Waals surface area (Å²) in [5.74, 6) is 0.802. The van der Waals surface area contributed by atoms with Crippen LogP contribution in [0.15, 0.2) is 30.3 Å². The van der Waals surface area contributed by atoms with Crippen LogP contribution in [0.5, 0.6) is 0 Å². The van der Waals surface area contributed by atoms with Gasteiger partial charge < -0.3 is 4.90 Å². The van der Waals surface area contributed by atoms with Crippen LogP contribution < -0.4 is 0 Å². The van der Waals surface area contributed by atoms with Crippen molar-refractivity contribution in [3.63, 3.8) is 0 Å². The number of likely N-dealkylation sites (N-methyl/N-ethyl adjacent to an activating group) is 1. The zero-order chi connectivity index (χ0) is 9.97. The highest BCUT2D eigenvalue weighted by molar-refractivity contribution is 7.85. The van der Waals surface area contributed by atoms with Gasteiger partial charge in [0.05, 0.1) is 5.25 Å². The highest BCUT2D eigenvalue weighted by atomic mass is 32.2. The average Bonchev–Trinajstić information content (AvgIpc) is 2.23. The molecule has 2 rings (SSSR count). The average molecular weight is 209 g/mol. The van der Waals surface area contributed by atoms with Gasteiger partial charge in [0.2, 0.25) is 0 Å². The molecular formula is C11H15NOS. The second-order valence-electron chi connectivity index (χ2n) is 3.75. The quantitative estimate of drug-likeness (QED) is 0.697. The molecule has 0 spiro atoms. The number of hydrogen-bond acceptors (Lipinski definition) is 2. The van der Waals surface area contributed by atoms with E-state index in [2.05, 4.69) is 24.1 Å². The molecule has 1 fully saturated rings. The Balaban J connectivity index is 2.20. The van der Waals surface area contributed by atoms with Crippen LogP contribution in [0, 0.1) is 0 Å². The molecule has 0 unspecified atom stereocenters. The lowest BCUT2D eigenvalue weighted by molar-refractivity contribution is 0.341. The van der Waals surface area contributed by atoms with Gasteiger partial charge in [-0.2, -0.15) is 0 Å². The largest absolute Gasteiger partial charge is 0.304 e. The summed E-state index contributed by atoms with van der Waals surface area (Å²) >= 11 is 0. The van der Waals surface area contributed by atoms with Crippen molar-refractivity contribution in [1.82, 2.24) is 4.90 Å². The highest BCUT2D eigenvalue weighted by Gasteiger charge is 2.24. The first-order chi connectivity index (χ1) is 6.77. The second kappa shape index (κ2) is 4.24. The van der Waals surface area contributed by atoms with E-state index in [-0.39, 0.29) is 5.25 Å². The number of benzene rings is 1. The molecule has 0 bridgehead atoms. The third-order valence-electron chi connectivity index (χ3n) is 2.64. The molecule has 0 aromatic heterocycles. The predicted octanol–water partition coefficient (Wildman–Crippen LogP) is 1.42. The molecule has 1 saturated heterocycles. The Bertz CT molecular complexity index is 325. The Kier molecular flexibility index (Phi) is 2.99. The fraction of sp³-hybridized carbons (Fsp3) is 0.455. The molecule has 0 aliphatic carbocycles. The Morgan fingerprint density at radius 2 is 2.07 bits per heavy atom. The molecule has 76 valence electrons. The molecule has 2 atom stereocenters. The van der Waals surface area contributed by atoms with Crippen molar-refractivity contribution < 1.29 is 4.21 Å². The molecule has 1 heterocycles. The number of rotatable bonds is 1. The van der Waals surface area contributed by atoms with Gasteiger partial charge in [-0.05, 0) is 12.6 Å². The van der Waals surface area contributed by atoms with E-state index < -0.39 is 10.8 Å². The van der Waals surface area contributed by atoms with E-state index in [4.69, 9.17) is 0 Å². The highest BCUT2D eigenvalue weighted by Crippen LogP contribution is 2.23. The minimum Gasteiger partial charge on any atom is -0.304 e. The molecular weight excluding hydrogens is 194 g/mol. The maximum absolute atomic E-state index is 11.8. The van der Waals surface area contributed by atoms with Gasteiger partial charge in [-0.15, -0.1) is 0 Å². The number of hydrogen-bond donors (Lipinski definition) is 0. The first-order valence-corrected chi connectivity index (χ1v) is 6.26. The third kappa shape index (κ3) is 2.04. The van der Waals surface area contributed by atoms with Crippen LogP contribution in [0.25, 0.3) is 0 Å².